The summed E-state index contributed by atoms with van der Waals surface area (Å²) < 4.78 is 5.12. The van der Waals surface area contributed by atoms with Crippen LogP contribution < -0.4 is 4.90 Å². The zero-order valence-corrected chi connectivity index (χ0v) is 22.9. The molecule has 0 bridgehead atoms. The molecule has 5 rings (SSSR count). The van der Waals surface area contributed by atoms with Crippen molar-refractivity contribution in [1.82, 2.24) is 4.98 Å². The van der Waals surface area contributed by atoms with Gasteiger partial charge in [0.2, 0.25) is 17.6 Å². The van der Waals surface area contributed by atoms with E-state index >= 15 is 0 Å². The van der Waals surface area contributed by atoms with E-state index in [4.69, 9.17) is 16.3 Å². The molecule has 3 aromatic carbocycles. The van der Waals surface area contributed by atoms with Crippen molar-refractivity contribution in [2.24, 2.45) is 0 Å². The molecule has 202 valence electrons. The van der Waals surface area contributed by atoms with Gasteiger partial charge in [0.1, 0.15) is 11.1 Å². The van der Waals surface area contributed by atoms with Crippen LogP contribution in [-0.4, -0.2) is 40.4 Å². The van der Waals surface area contributed by atoms with Gasteiger partial charge in [-0.05, 0) is 48.5 Å². The van der Waals surface area contributed by atoms with Crippen LogP contribution in [0.2, 0.25) is 5.02 Å². The predicted molar refractivity (Wildman–Crippen MR) is 154 cm³/mol. The number of Topliss-reactive ketones (excluding diaryl/α,β-unsaturated/α-hetero) is 1. The number of carbonyl (C=O) groups is 4. The van der Waals surface area contributed by atoms with E-state index in [2.05, 4.69) is 11.1 Å². The van der Waals surface area contributed by atoms with E-state index in [1.807, 2.05) is 30.3 Å². The smallest absolute Gasteiger partial charge is 0.338 e. The van der Waals surface area contributed by atoms with Gasteiger partial charge < -0.3 is 4.74 Å². The Kier molecular flexibility index (Phi) is 8.24. The van der Waals surface area contributed by atoms with Gasteiger partial charge in [-0.15, -0.1) is 0 Å². The summed E-state index contributed by atoms with van der Waals surface area (Å²) in [5.74, 6) is -2.04. The van der Waals surface area contributed by atoms with Crippen LogP contribution in [-0.2, 0) is 14.3 Å². The summed E-state index contributed by atoms with van der Waals surface area (Å²) in [7, 11) is 0. The number of nitrogens with zero attached hydrogens (tertiary/aromatic N) is 3. The molecule has 8 nitrogen and oxygen atoms in total. The molecule has 1 fully saturated rings. The van der Waals surface area contributed by atoms with Crippen molar-refractivity contribution < 1.29 is 23.9 Å². The van der Waals surface area contributed by atoms with Gasteiger partial charge in [-0.1, -0.05) is 65.8 Å². The van der Waals surface area contributed by atoms with Crippen molar-refractivity contribution in [1.29, 1.82) is 5.26 Å². The Labute approximate surface area is 244 Å². The van der Waals surface area contributed by atoms with Crippen LogP contribution in [0.3, 0.4) is 0 Å². The number of amides is 2. The average Bonchev–Trinajstić information content (AvgIpc) is 3.28. The molecule has 0 saturated carbocycles. The van der Waals surface area contributed by atoms with Gasteiger partial charge in [-0.2, -0.15) is 5.26 Å². The fraction of sp³-hybridized carbons (Fsp3) is 0.0968. The van der Waals surface area contributed by atoms with Crippen molar-refractivity contribution in [3.63, 3.8) is 0 Å². The van der Waals surface area contributed by atoms with Gasteiger partial charge in [0.25, 0.3) is 0 Å². The maximum atomic E-state index is 13.3. The fourth-order valence-electron chi connectivity index (χ4n) is 4.21. The summed E-state index contributed by atoms with van der Waals surface area (Å²) in [6.07, 6.45) is -0.0699. The molecular weight excluding hydrogens is 562 g/mol. The molecule has 1 unspecified atom stereocenters. The van der Waals surface area contributed by atoms with E-state index in [0.29, 0.717) is 22.0 Å². The minimum Gasteiger partial charge on any atom is -0.454 e. The SMILES string of the molecule is N#Cc1ccc(-c2ccccc2)nc1SC1CC(=O)N(c2ccc(C(=O)OCC(=O)c3ccccc3Cl)cc2)C1=O. The number of hydrogen-bond acceptors (Lipinski definition) is 8. The van der Waals surface area contributed by atoms with Crippen molar-refractivity contribution >= 4 is 52.6 Å². The van der Waals surface area contributed by atoms with Crippen molar-refractivity contribution in [3.05, 3.63) is 113 Å². The lowest BCUT2D eigenvalue weighted by molar-refractivity contribution is -0.121. The maximum Gasteiger partial charge on any atom is 0.338 e. The molecule has 1 aliphatic heterocycles. The second-order valence-corrected chi connectivity index (χ2v) is 10.5. The number of ketones is 1. The molecule has 10 heteroatoms. The molecule has 2 heterocycles. The second kappa shape index (κ2) is 12.2. The van der Waals surface area contributed by atoms with E-state index < -0.39 is 35.4 Å². The van der Waals surface area contributed by atoms with Crippen molar-refractivity contribution in [2.75, 3.05) is 11.5 Å². The first-order valence-electron chi connectivity index (χ1n) is 12.4. The van der Waals surface area contributed by atoms with Crippen LogP contribution in [0, 0.1) is 11.3 Å². The van der Waals surface area contributed by atoms with E-state index in [-0.39, 0.29) is 22.6 Å². The molecule has 0 aliphatic carbocycles. The Hall–Kier alpha value is -4.78. The topological polar surface area (TPSA) is 117 Å². The summed E-state index contributed by atoms with van der Waals surface area (Å²) in [6, 6.07) is 27.1. The van der Waals surface area contributed by atoms with Gasteiger partial charge in [-0.25, -0.2) is 14.7 Å². The highest BCUT2D eigenvalue weighted by Gasteiger charge is 2.40. The van der Waals surface area contributed by atoms with Crippen LogP contribution in [0.1, 0.15) is 32.7 Å². The third-order valence-electron chi connectivity index (χ3n) is 6.28. The molecule has 1 aromatic heterocycles. The Morgan fingerprint density at radius 1 is 0.976 bits per heavy atom. The van der Waals surface area contributed by atoms with Gasteiger partial charge in [0.15, 0.2) is 6.61 Å². The number of pyridine rings is 1. The molecule has 1 atom stereocenters. The summed E-state index contributed by atoms with van der Waals surface area (Å²) in [5.41, 5.74) is 2.51. The minimum atomic E-state index is -0.770. The Morgan fingerprint density at radius 3 is 2.39 bits per heavy atom. The normalized spacial score (nSPS) is 14.5. The molecule has 1 aliphatic rings. The Morgan fingerprint density at radius 2 is 1.68 bits per heavy atom. The third kappa shape index (κ3) is 6.04. The monoisotopic (exact) mass is 581 g/mol. The summed E-state index contributed by atoms with van der Waals surface area (Å²) in [4.78, 5) is 56.6. The highest BCUT2D eigenvalue weighted by atomic mass is 35.5. The molecule has 1 saturated heterocycles. The zero-order chi connectivity index (χ0) is 28.9. The lowest BCUT2D eigenvalue weighted by atomic mass is 10.1. The maximum absolute atomic E-state index is 13.3. The number of rotatable bonds is 8. The number of thioether (sulfide) groups is 1. The number of halogens is 1. The molecule has 4 aromatic rings. The largest absolute Gasteiger partial charge is 0.454 e. The Balaban J connectivity index is 1.26. The summed E-state index contributed by atoms with van der Waals surface area (Å²) in [6.45, 7) is -0.490. The first kappa shape index (κ1) is 27.8. The third-order valence-corrected chi connectivity index (χ3v) is 7.80. The molecule has 0 spiro atoms. The molecule has 0 radical (unpaired) electrons. The standard InChI is InChI=1S/C31H20ClN3O5S/c32-24-9-5-4-8-23(24)26(36)18-40-31(39)20-10-13-22(14-11-20)35-28(37)16-27(30(35)38)41-29-21(17-33)12-15-25(34-29)19-6-2-1-3-7-19/h1-15,27H,16,18H2. The number of nitriles is 1. The minimum absolute atomic E-state index is 0.0699. The quantitative estimate of drug-likeness (QED) is 0.147. The zero-order valence-electron chi connectivity index (χ0n) is 21.3. The first-order chi connectivity index (χ1) is 19.9. The number of aromatic nitrogens is 1. The van der Waals surface area contributed by atoms with Crippen LogP contribution >= 0.6 is 23.4 Å². The lowest BCUT2D eigenvalue weighted by Crippen LogP contribution is -2.31. The van der Waals surface area contributed by atoms with E-state index in [0.717, 1.165) is 22.2 Å². The molecule has 2 amide bonds. The predicted octanol–water partition coefficient (Wildman–Crippen LogP) is 5.74. The average molecular weight is 582 g/mol. The second-order valence-electron chi connectivity index (χ2n) is 8.93. The highest BCUT2D eigenvalue weighted by Crippen LogP contribution is 2.35. The number of imide groups is 1. The van der Waals surface area contributed by atoms with Gasteiger partial charge in [0, 0.05) is 17.5 Å². The molecule has 0 N–H and O–H groups in total. The van der Waals surface area contributed by atoms with Crippen LogP contribution in [0.4, 0.5) is 5.69 Å². The number of ether oxygens (including phenoxy) is 1. The summed E-state index contributed by atoms with van der Waals surface area (Å²) in [5, 5.41) is 9.44. The van der Waals surface area contributed by atoms with E-state index in [1.54, 1.807) is 36.4 Å². The molecule has 41 heavy (non-hydrogen) atoms. The van der Waals surface area contributed by atoms with Gasteiger partial charge in [-0.3, -0.25) is 14.4 Å². The van der Waals surface area contributed by atoms with Crippen LogP contribution in [0.25, 0.3) is 11.3 Å². The van der Waals surface area contributed by atoms with Gasteiger partial charge >= 0.3 is 5.97 Å². The first-order valence-corrected chi connectivity index (χ1v) is 13.7. The molecular formula is C31H20ClN3O5S. The summed E-state index contributed by atoms with van der Waals surface area (Å²) >= 11 is 7.09. The van der Waals surface area contributed by atoms with Crippen LogP contribution in [0.15, 0.2) is 96.0 Å². The number of anilines is 1. The lowest BCUT2D eigenvalue weighted by Gasteiger charge is -2.15. The number of hydrogen-bond donors (Lipinski definition) is 0. The number of carbonyl (C=O) groups excluding carboxylic acids is 4. The van der Waals surface area contributed by atoms with E-state index in [1.165, 1.54) is 24.3 Å². The van der Waals surface area contributed by atoms with Crippen molar-refractivity contribution in [3.8, 4) is 17.3 Å². The fourth-order valence-corrected chi connectivity index (χ4v) is 5.55. The van der Waals surface area contributed by atoms with E-state index in [9.17, 15) is 24.4 Å². The number of esters is 1. The van der Waals surface area contributed by atoms with Crippen LogP contribution in [0.5, 0.6) is 0 Å². The number of benzene rings is 3. The highest BCUT2D eigenvalue weighted by molar-refractivity contribution is 8.00. The van der Waals surface area contributed by atoms with Gasteiger partial charge in [0.05, 0.1) is 32.8 Å². The van der Waals surface area contributed by atoms with Crippen molar-refractivity contribution in [2.45, 2.75) is 16.7 Å². The Bertz CT molecular complexity index is 1700.